The molecule has 2 amide bonds. The van der Waals surface area contributed by atoms with E-state index in [-0.39, 0.29) is 29.9 Å². The van der Waals surface area contributed by atoms with Gasteiger partial charge in [0.05, 0.1) is 19.0 Å². The molecule has 1 aromatic heterocycles. The highest BCUT2D eigenvalue weighted by Crippen LogP contribution is 2.37. The van der Waals surface area contributed by atoms with Gasteiger partial charge in [-0.1, -0.05) is 6.07 Å². The topological polar surface area (TPSA) is 84.4 Å². The number of nitrogens with one attached hydrogen (secondary N) is 1. The van der Waals surface area contributed by atoms with Gasteiger partial charge in [-0.3, -0.25) is 14.6 Å². The lowest BCUT2D eigenvalue weighted by atomic mass is 9.96. The van der Waals surface area contributed by atoms with Gasteiger partial charge in [0.2, 0.25) is 0 Å². The third-order valence-corrected chi connectivity index (χ3v) is 5.63. The summed E-state index contributed by atoms with van der Waals surface area (Å²) in [4.78, 5) is 35.8. The summed E-state index contributed by atoms with van der Waals surface area (Å²) in [7, 11) is 1.60. The van der Waals surface area contributed by atoms with Gasteiger partial charge in [0.25, 0.3) is 11.8 Å². The molecule has 146 valence electrons. The number of methoxy groups -OCH3 is 1. The number of hydrogen-bond donors (Lipinski definition) is 1. The third-order valence-electron chi connectivity index (χ3n) is 5.63. The molecule has 2 fully saturated rings. The normalized spacial score (nSPS) is 23.4. The molecule has 3 atom stereocenters. The van der Waals surface area contributed by atoms with Gasteiger partial charge in [0, 0.05) is 29.9 Å². The second-order valence-electron chi connectivity index (χ2n) is 7.51. The molecule has 2 aliphatic heterocycles. The first-order chi connectivity index (χ1) is 13.5. The third kappa shape index (κ3) is 3.56. The molecule has 1 unspecified atom stereocenters. The number of carbonyl (C=O) groups is 2. The van der Waals surface area contributed by atoms with Crippen molar-refractivity contribution in [2.24, 2.45) is 0 Å². The summed E-state index contributed by atoms with van der Waals surface area (Å²) < 4.78 is 5.24. The van der Waals surface area contributed by atoms with Gasteiger partial charge in [-0.05, 0) is 50.8 Å². The van der Waals surface area contributed by atoms with Crippen LogP contribution in [0.1, 0.15) is 52.2 Å². The van der Waals surface area contributed by atoms with E-state index in [1.165, 1.54) is 6.20 Å². The average Bonchev–Trinajstić information content (AvgIpc) is 2.98. The fourth-order valence-corrected chi connectivity index (χ4v) is 4.30. The van der Waals surface area contributed by atoms with Crippen molar-refractivity contribution >= 4 is 11.8 Å². The Hall–Kier alpha value is -2.96. The molecule has 0 aliphatic carbocycles. The van der Waals surface area contributed by atoms with E-state index < -0.39 is 0 Å². The van der Waals surface area contributed by atoms with E-state index in [0.717, 1.165) is 31.4 Å². The maximum atomic E-state index is 13.1. The van der Waals surface area contributed by atoms with E-state index in [4.69, 9.17) is 4.74 Å². The number of benzene rings is 1. The molecule has 4 rings (SSSR count). The molecular formula is C21H24N4O3. The monoisotopic (exact) mass is 380 g/mol. The van der Waals surface area contributed by atoms with E-state index in [2.05, 4.69) is 15.3 Å². The Kier molecular flexibility index (Phi) is 4.98. The van der Waals surface area contributed by atoms with Crippen molar-refractivity contribution in [3.8, 4) is 5.75 Å². The van der Waals surface area contributed by atoms with E-state index in [1.807, 2.05) is 30.0 Å². The van der Waals surface area contributed by atoms with Crippen molar-refractivity contribution in [2.75, 3.05) is 7.11 Å². The highest BCUT2D eigenvalue weighted by atomic mass is 16.5. The largest absolute Gasteiger partial charge is 0.497 e. The van der Waals surface area contributed by atoms with Crippen molar-refractivity contribution in [1.82, 2.24) is 20.2 Å². The maximum absolute atomic E-state index is 13.1. The van der Waals surface area contributed by atoms with Crippen LogP contribution in [0.5, 0.6) is 5.75 Å². The summed E-state index contributed by atoms with van der Waals surface area (Å²) in [6.07, 6.45) is 6.55. The molecule has 0 saturated carbocycles. The van der Waals surface area contributed by atoms with Gasteiger partial charge < -0.3 is 15.0 Å². The Morgan fingerprint density at radius 1 is 1.14 bits per heavy atom. The first-order valence-electron chi connectivity index (χ1n) is 9.61. The maximum Gasteiger partial charge on any atom is 0.271 e. The molecule has 0 spiro atoms. The van der Waals surface area contributed by atoms with Crippen molar-refractivity contribution < 1.29 is 14.3 Å². The number of piperidine rings is 1. The number of fused-ring (bicyclic) bond motifs is 2. The van der Waals surface area contributed by atoms with Crippen molar-refractivity contribution in [1.29, 1.82) is 0 Å². The molecule has 1 N–H and O–H groups in total. The highest BCUT2D eigenvalue weighted by Gasteiger charge is 2.43. The van der Waals surface area contributed by atoms with E-state index in [0.29, 0.717) is 17.0 Å². The zero-order chi connectivity index (χ0) is 19.7. The van der Waals surface area contributed by atoms with Gasteiger partial charge in [0.15, 0.2) is 0 Å². The van der Waals surface area contributed by atoms with Crippen molar-refractivity contribution in [3.05, 3.63) is 53.6 Å². The Labute approximate surface area is 164 Å². The summed E-state index contributed by atoms with van der Waals surface area (Å²) in [5.41, 5.74) is 1.75. The molecule has 1 aromatic carbocycles. The van der Waals surface area contributed by atoms with Crippen LogP contribution in [0.4, 0.5) is 0 Å². The first kappa shape index (κ1) is 18.4. The average molecular weight is 380 g/mol. The predicted octanol–water partition coefficient (Wildman–Crippen LogP) is 2.36. The number of rotatable bonds is 4. The van der Waals surface area contributed by atoms with Gasteiger partial charge in [-0.25, -0.2) is 4.98 Å². The molecule has 3 heterocycles. The zero-order valence-electron chi connectivity index (χ0n) is 16.1. The van der Waals surface area contributed by atoms with Crippen LogP contribution in [0.25, 0.3) is 0 Å². The minimum atomic E-state index is -0.204. The van der Waals surface area contributed by atoms with Crippen LogP contribution < -0.4 is 10.1 Å². The second kappa shape index (κ2) is 7.58. The van der Waals surface area contributed by atoms with Gasteiger partial charge >= 0.3 is 0 Å². The molecule has 2 aromatic rings. The quantitative estimate of drug-likeness (QED) is 0.880. The Balaban J connectivity index is 1.43. The number of aryl methyl sites for hydroxylation is 1. The minimum absolute atomic E-state index is 0.0422. The molecule has 2 saturated heterocycles. The molecular weight excluding hydrogens is 356 g/mol. The molecule has 7 nitrogen and oxygen atoms in total. The van der Waals surface area contributed by atoms with Crippen LogP contribution in [0, 0.1) is 6.92 Å². The lowest BCUT2D eigenvalue weighted by Crippen LogP contribution is -2.52. The lowest BCUT2D eigenvalue weighted by Gasteiger charge is -2.39. The van der Waals surface area contributed by atoms with Crippen LogP contribution in [0.3, 0.4) is 0 Å². The molecule has 0 radical (unpaired) electrons. The van der Waals surface area contributed by atoms with Crippen LogP contribution in [-0.2, 0) is 0 Å². The molecule has 28 heavy (non-hydrogen) atoms. The second-order valence-corrected chi connectivity index (χ2v) is 7.51. The fraction of sp³-hybridized carbons (Fsp3) is 0.429. The Morgan fingerprint density at radius 3 is 2.54 bits per heavy atom. The van der Waals surface area contributed by atoms with Crippen LogP contribution in [0.2, 0.25) is 0 Å². The fourth-order valence-electron chi connectivity index (χ4n) is 4.30. The number of hydrogen-bond acceptors (Lipinski definition) is 5. The van der Waals surface area contributed by atoms with Crippen LogP contribution in [0.15, 0.2) is 36.7 Å². The lowest BCUT2D eigenvalue weighted by molar-refractivity contribution is 0.0549. The molecule has 2 bridgehead atoms. The molecule has 7 heteroatoms. The van der Waals surface area contributed by atoms with Crippen molar-refractivity contribution in [2.45, 2.75) is 50.7 Å². The molecule has 2 aliphatic rings. The van der Waals surface area contributed by atoms with E-state index in [1.54, 1.807) is 19.4 Å². The summed E-state index contributed by atoms with van der Waals surface area (Å²) in [5.74, 6) is 0.518. The smallest absolute Gasteiger partial charge is 0.271 e. The standard InChI is InChI=1S/C21H24N4O3/c1-13-11-23-19(12-22-13)20(26)24-15-9-16-6-7-17(10-15)25(16)21(27)14-4-3-5-18(8-14)28-2/h3-5,8,11-12,15-17H,6-7,9-10H2,1-2H3,(H,24,26)/t15?,16-,17+. The number of amides is 2. The first-order valence-corrected chi connectivity index (χ1v) is 9.61. The summed E-state index contributed by atoms with van der Waals surface area (Å²) in [6.45, 7) is 1.83. The van der Waals surface area contributed by atoms with Gasteiger partial charge in [-0.2, -0.15) is 0 Å². The predicted molar refractivity (Wildman–Crippen MR) is 103 cm³/mol. The number of ether oxygens (including phenoxy) is 1. The number of aromatic nitrogens is 2. The zero-order valence-corrected chi connectivity index (χ0v) is 16.1. The van der Waals surface area contributed by atoms with Gasteiger partial charge in [0.1, 0.15) is 11.4 Å². The summed E-state index contributed by atoms with van der Waals surface area (Å²) >= 11 is 0. The highest BCUT2D eigenvalue weighted by molar-refractivity contribution is 5.95. The minimum Gasteiger partial charge on any atom is -0.497 e. The van der Waals surface area contributed by atoms with Crippen LogP contribution in [-0.4, -0.2) is 51.9 Å². The Morgan fingerprint density at radius 2 is 1.89 bits per heavy atom. The number of carbonyl (C=O) groups excluding carboxylic acids is 2. The Bertz CT molecular complexity index is 869. The van der Waals surface area contributed by atoms with E-state index in [9.17, 15) is 9.59 Å². The summed E-state index contributed by atoms with van der Waals surface area (Å²) in [5, 5.41) is 3.07. The van der Waals surface area contributed by atoms with Crippen molar-refractivity contribution in [3.63, 3.8) is 0 Å². The number of nitrogens with zero attached hydrogens (tertiary/aromatic N) is 3. The van der Waals surface area contributed by atoms with Gasteiger partial charge in [-0.15, -0.1) is 0 Å². The van der Waals surface area contributed by atoms with E-state index >= 15 is 0 Å². The summed E-state index contributed by atoms with van der Waals surface area (Å²) in [6, 6.07) is 7.62. The van der Waals surface area contributed by atoms with Crippen LogP contribution >= 0.6 is 0 Å². The SMILES string of the molecule is COc1cccc(C(=O)N2[C@@H]3CC[C@H]2CC(NC(=O)c2cnc(C)cn2)C3)c1.